The number of nitrogens with one attached hydrogen (secondary N) is 1. The molecule has 0 radical (unpaired) electrons. The molecule has 4 heteroatoms. The van der Waals surface area contributed by atoms with Gasteiger partial charge < -0.3 is 15.2 Å². The van der Waals surface area contributed by atoms with E-state index in [-0.39, 0.29) is 0 Å². The van der Waals surface area contributed by atoms with E-state index in [4.69, 9.17) is 16.3 Å². The topological polar surface area (TPSA) is 41.5 Å². The van der Waals surface area contributed by atoms with Crippen LogP contribution in [0.15, 0.2) is 18.2 Å². The molecule has 1 unspecified atom stereocenters. The molecule has 0 fully saturated rings. The highest BCUT2D eigenvalue weighted by molar-refractivity contribution is 6.32. The average molecular weight is 244 g/mol. The van der Waals surface area contributed by atoms with Gasteiger partial charge in [-0.15, -0.1) is 0 Å². The molecule has 0 heterocycles. The second-order valence-corrected chi connectivity index (χ2v) is 4.29. The monoisotopic (exact) mass is 243 g/mol. The first-order valence-corrected chi connectivity index (χ1v) is 5.69. The van der Waals surface area contributed by atoms with Crippen molar-refractivity contribution in [1.82, 2.24) is 5.32 Å². The van der Waals surface area contributed by atoms with Gasteiger partial charge in [0.25, 0.3) is 0 Å². The van der Waals surface area contributed by atoms with Gasteiger partial charge in [0.05, 0.1) is 17.2 Å². The molecule has 0 aliphatic rings. The minimum absolute atomic E-state index is 0.470. The lowest BCUT2D eigenvalue weighted by Gasteiger charge is -2.24. The number of hydrogen-bond donors (Lipinski definition) is 2. The van der Waals surface area contributed by atoms with Crippen LogP contribution in [0.4, 0.5) is 0 Å². The molecule has 1 atom stereocenters. The summed E-state index contributed by atoms with van der Waals surface area (Å²) in [6.45, 7) is 4.69. The highest BCUT2D eigenvalue weighted by Gasteiger charge is 2.22. The second kappa shape index (κ2) is 5.53. The maximum atomic E-state index is 10.2. The van der Waals surface area contributed by atoms with Crippen molar-refractivity contribution in [3.05, 3.63) is 28.8 Å². The quantitative estimate of drug-likeness (QED) is 0.833. The molecule has 2 N–H and O–H groups in total. The van der Waals surface area contributed by atoms with Gasteiger partial charge in [-0.25, -0.2) is 0 Å². The predicted molar refractivity (Wildman–Crippen MR) is 66.1 cm³/mol. The minimum Gasteiger partial charge on any atom is -0.492 e. The van der Waals surface area contributed by atoms with Crippen molar-refractivity contribution in [2.24, 2.45) is 0 Å². The summed E-state index contributed by atoms with van der Waals surface area (Å²) >= 11 is 6.06. The van der Waals surface area contributed by atoms with Crippen molar-refractivity contribution in [3.63, 3.8) is 0 Å². The van der Waals surface area contributed by atoms with Crippen LogP contribution in [0.2, 0.25) is 5.02 Å². The molecule has 16 heavy (non-hydrogen) atoms. The van der Waals surface area contributed by atoms with Gasteiger partial charge >= 0.3 is 0 Å². The number of hydrogen-bond acceptors (Lipinski definition) is 3. The maximum absolute atomic E-state index is 10.2. The summed E-state index contributed by atoms with van der Waals surface area (Å²) in [5, 5.41) is 13.6. The molecule has 0 spiro atoms. The summed E-state index contributed by atoms with van der Waals surface area (Å²) in [6, 6.07) is 5.35. The van der Waals surface area contributed by atoms with E-state index in [1.165, 1.54) is 0 Å². The van der Waals surface area contributed by atoms with Crippen LogP contribution >= 0.6 is 11.6 Å². The van der Waals surface area contributed by atoms with Gasteiger partial charge in [0.1, 0.15) is 5.75 Å². The molecule has 0 amide bonds. The lowest BCUT2D eigenvalue weighted by Crippen LogP contribution is -2.33. The van der Waals surface area contributed by atoms with Gasteiger partial charge in [-0.05, 0) is 38.6 Å². The molecule has 90 valence electrons. The first kappa shape index (κ1) is 13.3. The van der Waals surface area contributed by atoms with Crippen molar-refractivity contribution < 1.29 is 9.84 Å². The smallest absolute Gasteiger partial charge is 0.137 e. The summed E-state index contributed by atoms with van der Waals surface area (Å²) in [6.07, 6.45) is 0. The fourth-order valence-corrected chi connectivity index (χ4v) is 1.79. The SMILES string of the molecule is CCOc1ccc(C(C)(O)CNC)cc1Cl. The van der Waals surface area contributed by atoms with Crippen molar-refractivity contribution in [3.8, 4) is 5.75 Å². The van der Waals surface area contributed by atoms with Gasteiger partial charge in [-0.3, -0.25) is 0 Å². The summed E-state index contributed by atoms with van der Waals surface area (Å²) in [7, 11) is 1.80. The van der Waals surface area contributed by atoms with Gasteiger partial charge in [0, 0.05) is 6.54 Å². The molecule has 1 aromatic carbocycles. The Morgan fingerprint density at radius 2 is 2.19 bits per heavy atom. The molecular weight excluding hydrogens is 226 g/mol. The third-order valence-corrected chi connectivity index (χ3v) is 2.67. The van der Waals surface area contributed by atoms with Gasteiger partial charge in [0.15, 0.2) is 0 Å². The van der Waals surface area contributed by atoms with E-state index in [1.54, 1.807) is 26.1 Å². The summed E-state index contributed by atoms with van der Waals surface area (Å²) < 4.78 is 5.34. The van der Waals surface area contributed by atoms with Crippen LogP contribution in [0.1, 0.15) is 19.4 Å². The number of benzene rings is 1. The van der Waals surface area contributed by atoms with Crippen molar-refractivity contribution in [1.29, 1.82) is 0 Å². The third-order valence-electron chi connectivity index (χ3n) is 2.37. The van der Waals surface area contributed by atoms with E-state index in [0.717, 1.165) is 5.56 Å². The predicted octanol–water partition coefficient (Wildman–Crippen LogP) is 2.17. The Balaban J connectivity index is 2.96. The molecule has 3 nitrogen and oxygen atoms in total. The summed E-state index contributed by atoms with van der Waals surface area (Å²) in [5.74, 6) is 0.646. The fraction of sp³-hybridized carbons (Fsp3) is 0.500. The Morgan fingerprint density at radius 3 is 2.69 bits per heavy atom. The van der Waals surface area contributed by atoms with Crippen molar-refractivity contribution in [2.45, 2.75) is 19.4 Å². The Kier molecular flexibility index (Phi) is 4.59. The second-order valence-electron chi connectivity index (χ2n) is 3.88. The molecule has 0 saturated carbocycles. The molecular formula is C12H18ClNO2. The standard InChI is InChI=1S/C12H18ClNO2/c1-4-16-11-6-5-9(7-10(11)13)12(2,15)8-14-3/h5-7,14-15H,4,8H2,1-3H3. The van der Waals surface area contributed by atoms with E-state index in [2.05, 4.69) is 5.32 Å². The number of likely N-dealkylation sites (N-methyl/N-ethyl adjacent to an activating group) is 1. The lowest BCUT2D eigenvalue weighted by atomic mass is 9.96. The van der Waals surface area contributed by atoms with Crippen LogP contribution in [0, 0.1) is 0 Å². The van der Waals surface area contributed by atoms with Crippen LogP contribution in [0.5, 0.6) is 5.75 Å². The average Bonchev–Trinajstić information content (AvgIpc) is 2.21. The van der Waals surface area contributed by atoms with Gasteiger partial charge in [-0.1, -0.05) is 17.7 Å². The van der Waals surface area contributed by atoms with Gasteiger partial charge in [-0.2, -0.15) is 0 Å². The fourth-order valence-electron chi connectivity index (χ4n) is 1.55. The Morgan fingerprint density at radius 1 is 1.50 bits per heavy atom. The van der Waals surface area contributed by atoms with E-state index in [1.807, 2.05) is 13.0 Å². The van der Waals surface area contributed by atoms with Crippen LogP contribution in [0.25, 0.3) is 0 Å². The first-order valence-electron chi connectivity index (χ1n) is 5.31. The highest BCUT2D eigenvalue weighted by atomic mass is 35.5. The van der Waals surface area contributed by atoms with Crippen LogP contribution in [0.3, 0.4) is 0 Å². The zero-order valence-electron chi connectivity index (χ0n) is 9.88. The maximum Gasteiger partial charge on any atom is 0.137 e. The molecule has 0 aliphatic carbocycles. The Labute approximate surface area is 101 Å². The largest absolute Gasteiger partial charge is 0.492 e. The first-order chi connectivity index (χ1) is 7.51. The summed E-state index contributed by atoms with van der Waals surface area (Å²) in [5.41, 5.74) is -0.154. The van der Waals surface area contributed by atoms with Crippen LogP contribution < -0.4 is 10.1 Å². The third kappa shape index (κ3) is 3.11. The number of rotatable bonds is 5. The van der Waals surface area contributed by atoms with E-state index < -0.39 is 5.60 Å². The van der Waals surface area contributed by atoms with Crippen molar-refractivity contribution >= 4 is 11.6 Å². The number of aliphatic hydroxyl groups is 1. The van der Waals surface area contributed by atoms with Crippen molar-refractivity contribution in [2.75, 3.05) is 20.2 Å². The van der Waals surface area contributed by atoms with Crippen LogP contribution in [-0.2, 0) is 5.60 Å². The van der Waals surface area contributed by atoms with Gasteiger partial charge in [0.2, 0.25) is 0 Å². The lowest BCUT2D eigenvalue weighted by molar-refractivity contribution is 0.0591. The molecule has 0 saturated heterocycles. The molecule has 1 rings (SSSR count). The number of ether oxygens (including phenoxy) is 1. The van der Waals surface area contributed by atoms with Crippen LogP contribution in [-0.4, -0.2) is 25.3 Å². The van der Waals surface area contributed by atoms with E-state index in [0.29, 0.717) is 23.9 Å². The zero-order valence-corrected chi connectivity index (χ0v) is 10.6. The minimum atomic E-state index is -0.927. The molecule has 0 aromatic heterocycles. The number of halogens is 1. The van der Waals surface area contributed by atoms with E-state index >= 15 is 0 Å². The molecule has 0 aliphatic heterocycles. The molecule has 0 bridgehead atoms. The normalized spacial score (nSPS) is 14.6. The summed E-state index contributed by atoms with van der Waals surface area (Å²) in [4.78, 5) is 0. The highest BCUT2D eigenvalue weighted by Crippen LogP contribution is 2.30. The Hall–Kier alpha value is -0.770. The zero-order chi connectivity index (χ0) is 12.2. The molecule has 1 aromatic rings. The Bertz CT molecular complexity index is 353. The van der Waals surface area contributed by atoms with E-state index in [9.17, 15) is 5.11 Å².